The first kappa shape index (κ1) is 22.1. The Kier molecular flexibility index (Phi) is 7.79. The maximum Gasteiger partial charge on any atom is 0.410 e. The van der Waals surface area contributed by atoms with Gasteiger partial charge in [0.1, 0.15) is 12.2 Å². The van der Waals surface area contributed by atoms with Crippen molar-refractivity contribution in [2.45, 2.75) is 51.7 Å². The van der Waals surface area contributed by atoms with E-state index < -0.39 is 23.8 Å². The summed E-state index contributed by atoms with van der Waals surface area (Å²) >= 11 is 0. The number of nitrogens with zero attached hydrogens (tertiary/aromatic N) is 2. The van der Waals surface area contributed by atoms with Crippen LogP contribution in [0.5, 0.6) is 0 Å². The highest BCUT2D eigenvalue weighted by atomic mass is 16.6. The fraction of sp³-hybridized carbons (Fsp3) is 0.600. The van der Waals surface area contributed by atoms with Crippen LogP contribution in [0.15, 0.2) is 30.3 Å². The van der Waals surface area contributed by atoms with Crippen molar-refractivity contribution in [2.75, 3.05) is 26.2 Å². The smallest absolute Gasteiger partial charge is 0.410 e. The van der Waals surface area contributed by atoms with E-state index in [0.717, 1.165) is 5.56 Å². The molecule has 1 unspecified atom stereocenters. The van der Waals surface area contributed by atoms with Crippen molar-refractivity contribution in [3.05, 3.63) is 35.9 Å². The number of nitrogens with two attached hydrogens (primary N) is 1. The van der Waals surface area contributed by atoms with E-state index in [4.69, 9.17) is 15.2 Å². The highest BCUT2D eigenvalue weighted by molar-refractivity contribution is 5.70. The molecule has 0 saturated carbocycles. The summed E-state index contributed by atoms with van der Waals surface area (Å²) in [6.45, 7) is 7.53. The van der Waals surface area contributed by atoms with Crippen LogP contribution in [0.4, 0.5) is 4.79 Å². The summed E-state index contributed by atoms with van der Waals surface area (Å²) in [5, 5.41) is 10.3. The summed E-state index contributed by atoms with van der Waals surface area (Å²) in [6.07, 6.45) is -2.28. The summed E-state index contributed by atoms with van der Waals surface area (Å²) in [6, 6.07) is 9.34. The number of benzene rings is 1. The number of amides is 1. The van der Waals surface area contributed by atoms with Crippen LogP contribution >= 0.6 is 0 Å². The third-order valence-corrected chi connectivity index (χ3v) is 4.40. The van der Waals surface area contributed by atoms with Gasteiger partial charge in [-0.25, -0.2) is 4.79 Å². The molecular weight excluding hydrogens is 362 g/mol. The molecule has 8 heteroatoms. The maximum absolute atomic E-state index is 12.1. The number of hydrogen-bond acceptors (Lipinski definition) is 7. The maximum atomic E-state index is 12.1. The largest absolute Gasteiger partial charge is 0.461 e. The van der Waals surface area contributed by atoms with Crippen molar-refractivity contribution in [3.63, 3.8) is 0 Å². The summed E-state index contributed by atoms with van der Waals surface area (Å²) < 4.78 is 10.6. The average molecular weight is 393 g/mol. The van der Waals surface area contributed by atoms with Crippen molar-refractivity contribution in [3.8, 4) is 0 Å². The molecule has 1 amide bonds. The molecule has 2 rings (SSSR count). The molecule has 2 atom stereocenters. The van der Waals surface area contributed by atoms with Gasteiger partial charge in [-0.1, -0.05) is 30.3 Å². The van der Waals surface area contributed by atoms with E-state index in [1.54, 1.807) is 4.90 Å². The molecule has 1 saturated heterocycles. The summed E-state index contributed by atoms with van der Waals surface area (Å²) in [5.74, 6) is -0.501. The fourth-order valence-corrected chi connectivity index (χ4v) is 2.86. The van der Waals surface area contributed by atoms with Crippen LogP contribution in [0.25, 0.3) is 0 Å². The van der Waals surface area contributed by atoms with Gasteiger partial charge in [-0.3, -0.25) is 9.69 Å². The molecule has 3 N–H and O–H groups in total. The summed E-state index contributed by atoms with van der Waals surface area (Å²) in [5.41, 5.74) is 6.45. The van der Waals surface area contributed by atoms with Crippen molar-refractivity contribution in [1.82, 2.24) is 9.80 Å². The number of rotatable bonds is 6. The monoisotopic (exact) mass is 393 g/mol. The molecule has 1 heterocycles. The van der Waals surface area contributed by atoms with Gasteiger partial charge in [0.15, 0.2) is 0 Å². The Morgan fingerprint density at radius 2 is 1.75 bits per heavy atom. The standard InChI is InChI=1S/C20H31N3O5/c1-20(2,3)28-19(26)23-11-9-22(10-12-23)18(21)16(24)13-17(25)27-14-15-7-5-4-6-8-15/h4-8,16,18,24H,9-14,21H2,1-3H3/t16-,18?/m0/s1. The number of aliphatic hydroxyl groups excluding tert-OH is 1. The molecule has 0 aliphatic carbocycles. The Balaban J connectivity index is 1.73. The van der Waals surface area contributed by atoms with E-state index in [1.807, 2.05) is 56.0 Å². The Hall–Kier alpha value is -2.16. The quantitative estimate of drug-likeness (QED) is 0.702. The molecule has 1 aromatic carbocycles. The second kappa shape index (κ2) is 9.86. The van der Waals surface area contributed by atoms with Gasteiger partial charge >= 0.3 is 12.1 Å². The molecule has 0 radical (unpaired) electrons. The predicted octanol–water partition coefficient (Wildman–Crippen LogP) is 1.32. The van der Waals surface area contributed by atoms with Crippen LogP contribution in [0.3, 0.4) is 0 Å². The molecule has 0 spiro atoms. The van der Waals surface area contributed by atoms with Crippen LogP contribution in [0, 0.1) is 0 Å². The van der Waals surface area contributed by atoms with Gasteiger partial charge in [0.2, 0.25) is 0 Å². The van der Waals surface area contributed by atoms with Gasteiger partial charge in [-0.15, -0.1) is 0 Å². The lowest BCUT2D eigenvalue weighted by Crippen LogP contribution is -2.58. The van der Waals surface area contributed by atoms with E-state index in [2.05, 4.69) is 0 Å². The highest BCUT2D eigenvalue weighted by Crippen LogP contribution is 2.14. The van der Waals surface area contributed by atoms with Crippen LogP contribution in [0.2, 0.25) is 0 Å². The minimum Gasteiger partial charge on any atom is -0.461 e. The number of hydrogen-bond donors (Lipinski definition) is 2. The first-order valence-electron chi connectivity index (χ1n) is 9.51. The normalized spacial score (nSPS) is 17.7. The fourth-order valence-electron chi connectivity index (χ4n) is 2.86. The minimum atomic E-state index is -1.05. The van der Waals surface area contributed by atoms with Gasteiger partial charge in [0.05, 0.1) is 18.7 Å². The second-order valence-electron chi connectivity index (χ2n) is 7.91. The number of aliphatic hydroxyl groups is 1. The van der Waals surface area contributed by atoms with Crippen LogP contribution in [-0.4, -0.2) is 71.0 Å². The number of esters is 1. The molecule has 1 aliphatic heterocycles. The summed E-state index contributed by atoms with van der Waals surface area (Å²) in [7, 11) is 0. The summed E-state index contributed by atoms with van der Waals surface area (Å²) in [4.78, 5) is 27.5. The minimum absolute atomic E-state index is 0.163. The molecule has 1 aliphatic rings. The molecule has 0 bridgehead atoms. The van der Waals surface area contributed by atoms with Crippen LogP contribution in [0.1, 0.15) is 32.8 Å². The third kappa shape index (κ3) is 7.10. The van der Waals surface area contributed by atoms with Gasteiger partial charge in [0.25, 0.3) is 0 Å². The highest BCUT2D eigenvalue weighted by Gasteiger charge is 2.31. The SMILES string of the molecule is CC(C)(C)OC(=O)N1CCN(C(N)[C@@H](O)CC(=O)OCc2ccccc2)CC1. The van der Waals surface area contributed by atoms with Gasteiger partial charge in [0, 0.05) is 26.2 Å². The van der Waals surface area contributed by atoms with E-state index in [9.17, 15) is 14.7 Å². The van der Waals surface area contributed by atoms with E-state index in [1.165, 1.54) is 0 Å². The Bertz CT molecular complexity index is 639. The first-order valence-corrected chi connectivity index (χ1v) is 9.51. The average Bonchev–Trinajstić information content (AvgIpc) is 2.65. The van der Waals surface area contributed by atoms with Crippen molar-refractivity contribution in [1.29, 1.82) is 0 Å². The topological polar surface area (TPSA) is 105 Å². The molecule has 1 aromatic rings. The first-order chi connectivity index (χ1) is 13.2. The van der Waals surface area contributed by atoms with Crippen LogP contribution < -0.4 is 5.73 Å². The second-order valence-corrected chi connectivity index (χ2v) is 7.91. The predicted molar refractivity (Wildman–Crippen MR) is 104 cm³/mol. The van der Waals surface area contributed by atoms with Crippen LogP contribution in [-0.2, 0) is 20.9 Å². The molecular formula is C20H31N3O5. The number of ether oxygens (including phenoxy) is 2. The third-order valence-electron chi connectivity index (χ3n) is 4.40. The number of carbonyl (C=O) groups excluding carboxylic acids is 2. The van der Waals surface area contributed by atoms with E-state index in [0.29, 0.717) is 26.2 Å². The molecule has 8 nitrogen and oxygen atoms in total. The number of piperazine rings is 1. The zero-order valence-electron chi connectivity index (χ0n) is 16.8. The van der Waals surface area contributed by atoms with E-state index in [-0.39, 0.29) is 19.1 Å². The van der Waals surface area contributed by atoms with Crippen molar-refractivity contribution >= 4 is 12.1 Å². The lowest BCUT2D eigenvalue weighted by Gasteiger charge is -2.39. The lowest BCUT2D eigenvalue weighted by atomic mass is 10.1. The molecule has 1 fully saturated rings. The van der Waals surface area contributed by atoms with Gasteiger partial charge < -0.3 is 25.2 Å². The van der Waals surface area contributed by atoms with Gasteiger partial charge in [-0.2, -0.15) is 0 Å². The molecule has 156 valence electrons. The Morgan fingerprint density at radius 3 is 2.32 bits per heavy atom. The zero-order chi connectivity index (χ0) is 20.7. The lowest BCUT2D eigenvalue weighted by molar-refractivity contribution is -0.148. The van der Waals surface area contributed by atoms with Crippen molar-refractivity contribution in [2.24, 2.45) is 5.73 Å². The number of carbonyl (C=O) groups is 2. The van der Waals surface area contributed by atoms with Crippen molar-refractivity contribution < 1.29 is 24.2 Å². The Morgan fingerprint density at radius 1 is 1.14 bits per heavy atom. The van der Waals surface area contributed by atoms with Gasteiger partial charge in [-0.05, 0) is 26.3 Å². The van der Waals surface area contributed by atoms with E-state index >= 15 is 0 Å². The zero-order valence-corrected chi connectivity index (χ0v) is 16.8. The molecule has 28 heavy (non-hydrogen) atoms. The Labute approximate surface area is 166 Å². The molecule has 0 aromatic heterocycles.